The van der Waals surface area contributed by atoms with Crippen LogP contribution in [-0.4, -0.2) is 35.0 Å². The molecule has 2 aromatic rings. The second-order valence-electron chi connectivity index (χ2n) is 4.61. The Morgan fingerprint density at radius 3 is 3.15 bits per heavy atom. The maximum absolute atomic E-state index is 12.1. The monoisotopic (exact) mass is 352 g/mol. The molecule has 1 amide bonds. The van der Waals surface area contributed by atoms with Crippen molar-refractivity contribution in [3.05, 3.63) is 40.1 Å². The first-order chi connectivity index (χ1) is 9.72. The summed E-state index contributed by atoms with van der Waals surface area (Å²) in [6.45, 7) is 1.73. The molecule has 104 valence electrons. The molecule has 20 heavy (non-hydrogen) atoms. The van der Waals surface area contributed by atoms with Gasteiger partial charge in [0.15, 0.2) is 5.13 Å². The molecular weight excluding hydrogens is 340 g/mol. The summed E-state index contributed by atoms with van der Waals surface area (Å²) < 4.78 is 0.806. The number of carbonyl (C=O) groups is 1. The number of halogens is 1. The van der Waals surface area contributed by atoms with Gasteiger partial charge < -0.3 is 10.2 Å². The van der Waals surface area contributed by atoms with Gasteiger partial charge >= 0.3 is 0 Å². The molecule has 1 fully saturated rings. The minimum atomic E-state index is -0.0789. The minimum absolute atomic E-state index is 0.0789. The Balaban J connectivity index is 1.61. The molecule has 3 rings (SSSR count). The molecular formula is C13H13BrN4OS. The molecule has 2 aromatic heterocycles. The second-order valence-corrected chi connectivity index (χ2v) is 6.40. The highest BCUT2D eigenvalue weighted by atomic mass is 79.9. The van der Waals surface area contributed by atoms with Crippen LogP contribution >= 0.6 is 27.3 Å². The van der Waals surface area contributed by atoms with Crippen LogP contribution in [0.4, 0.5) is 5.13 Å². The minimum Gasteiger partial charge on any atom is -0.347 e. The lowest BCUT2D eigenvalue weighted by Crippen LogP contribution is -2.37. The summed E-state index contributed by atoms with van der Waals surface area (Å²) in [4.78, 5) is 22.7. The van der Waals surface area contributed by atoms with E-state index in [4.69, 9.17) is 0 Å². The van der Waals surface area contributed by atoms with Crippen LogP contribution in [0.25, 0.3) is 0 Å². The van der Waals surface area contributed by atoms with E-state index in [0.717, 1.165) is 29.1 Å². The van der Waals surface area contributed by atoms with Gasteiger partial charge in [-0.25, -0.2) is 4.98 Å². The van der Waals surface area contributed by atoms with Gasteiger partial charge in [0.2, 0.25) is 0 Å². The Labute approximate surface area is 129 Å². The van der Waals surface area contributed by atoms with Gasteiger partial charge in [0.05, 0.1) is 5.56 Å². The number of pyridine rings is 1. The van der Waals surface area contributed by atoms with E-state index in [2.05, 4.69) is 36.1 Å². The molecule has 0 unspecified atom stereocenters. The summed E-state index contributed by atoms with van der Waals surface area (Å²) in [5.74, 6) is -0.0789. The molecule has 1 aliphatic rings. The number of amides is 1. The number of hydrogen-bond donors (Lipinski definition) is 1. The smallest absolute Gasteiger partial charge is 0.253 e. The van der Waals surface area contributed by atoms with E-state index < -0.39 is 0 Å². The predicted octanol–water partition coefficient (Wildman–Crippen LogP) is 2.31. The van der Waals surface area contributed by atoms with Crippen molar-refractivity contribution < 1.29 is 4.79 Å². The lowest BCUT2D eigenvalue weighted by Gasteiger charge is -2.15. The molecule has 0 spiro atoms. The maximum atomic E-state index is 12.1. The van der Waals surface area contributed by atoms with Crippen LogP contribution in [0.1, 0.15) is 16.8 Å². The molecule has 1 saturated heterocycles. The summed E-state index contributed by atoms with van der Waals surface area (Å²) in [5.41, 5.74) is 0.576. The van der Waals surface area contributed by atoms with Gasteiger partial charge in [-0.2, -0.15) is 0 Å². The Morgan fingerprint density at radius 1 is 1.50 bits per heavy atom. The van der Waals surface area contributed by atoms with Gasteiger partial charge in [-0.3, -0.25) is 9.78 Å². The fourth-order valence-electron chi connectivity index (χ4n) is 2.23. The van der Waals surface area contributed by atoms with Gasteiger partial charge in [0.25, 0.3) is 5.91 Å². The lowest BCUT2D eigenvalue weighted by molar-refractivity contribution is 0.0940. The Morgan fingerprint density at radius 2 is 2.40 bits per heavy atom. The Hall–Kier alpha value is -1.47. The van der Waals surface area contributed by atoms with E-state index >= 15 is 0 Å². The number of aromatic nitrogens is 2. The standard InChI is InChI=1S/C13H13BrN4OS/c14-10-5-9(6-15-7-10)12(19)17-11-1-3-18(8-11)13-16-2-4-20-13/h2,4-7,11H,1,3,8H2,(H,17,19)/t11-/m1/s1. The van der Waals surface area contributed by atoms with E-state index in [0.29, 0.717) is 5.56 Å². The van der Waals surface area contributed by atoms with E-state index in [9.17, 15) is 4.79 Å². The number of anilines is 1. The SMILES string of the molecule is O=C(N[C@@H]1CCN(c2nccs2)C1)c1cncc(Br)c1. The van der Waals surface area contributed by atoms with Gasteiger partial charge in [0.1, 0.15) is 0 Å². The molecule has 0 bridgehead atoms. The number of nitrogens with zero attached hydrogens (tertiary/aromatic N) is 3. The van der Waals surface area contributed by atoms with E-state index in [1.54, 1.807) is 36.0 Å². The molecule has 0 saturated carbocycles. The van der Waals surface area contributed by atoms with Crippen molar-refractivity contribution >= 4 is 38.3 Å². The highest BCUT2D eigenvalue weighted by Crippen LogP contribution is 2.22. The summed E-state index contributed by atoms with van der Waals surface area (Å²) in [5, 5.41) is 6.04. The van der Waals surface area contributed by atoms with Crippen molar-refractivity contribution in [2.75, 3.05) is 18.0 Å². The molecule has 1 N–H and O–H groups in total. The average Bonchev–Trinajstić information content (AvgIpc) is 3.08. The first-order valence-electron chi connectivity index (χ1n) is 6.28. The number of rotatable bonds is 3. The molecule has 0 aromatic carbocycles. The third kappa shape index (κ3) is 2.99. The van der Waals surface area contributed by atoms with Crippen LogP contribution < -0.4 is 10.2 Å². The number of carbonyl (C=O) groups excluding carboxylic acids is 1. The van der Waals surface area contributed by atoms with Crippen LogP contribution in [0.5, 0.6) is 0 Å². The summed E-state index contributed by atoms with van der Waals surface area (Å²) in [7, 11) is 0. The summed E-state index contributed by atoms with van der Waals surface area (Å²) in [6, 6.07) is 1.93. The summed E-state index contributed by atoms with van der Waals surface area (Å²) >= 11 is 4.95. The zero-order chi connectivity index (χ0) is 13.9. The van der Waals surface area contributed by atoms with E-state index in [1.807, 2.05) is 5.38 Å². The first-order valence-corrected chi connectivity index (χ1v) is 7.95. The number of nitrogens with one attached hydrogen (secondary N) is 1. The molecule has 0 aliphatic carbocycles. The van der Waals surface area contributed by atoms with E-state index in [-0.39, 0.29) is 11.9 Å². The fraction of sp³-hybridized carbons (Fsp3) is 0.308. The zero-order valence-electron chi connectivity index (χ0n) is 10.6. The van der Waals surface area contributed by atoms with Crippen LogP contribution in [-0.2, 0) is 0 Å². The van der Waals surface area contributed by atoms with Crippen molar-refractivity contribution in [1.29, 1.82) is 0 Å². The average molecular weight is 353 g/mol. The molecule has 5 nitrogen and oxygen atoms in total. The van der Waals surface area contributed by atoms with Crippen LogP contribution in [0.2, 0.25) is 0 Å². The van der Waals surface area contributed by atoms with Crippen LogP contribution in [0, 0.1) is 0 Å². The second kappa shape index (κ2) is 5.88. The molecule has 0 radical (unpaired) electrons. The van der Waals surface area contributed by atoms with Crippen molar-refractivity contribution in [1.82, 2.24) is 15.3 Å². The molecule has 7 heteroatoms. The topological polar surface area (TPSA) is 58.1 Å². The van der Waals surface area contributed by atoms with Gasteiger partial charge in [-0.05, 0) is 28.4 Å². The fourth-order valence-corrected chi connectivity index (χ4v) is 3.27. The third-order valence-electron chi connectivity index (χ3n) is 3.18. The van der Waals surface area contributed by atoms with Crippen LogP contribution in [0.15, 0.2) is 34.5 Å². The number of thiazole rings is 1. The van der Waals surface area contributed by atoms with Gasteiger partial charge in [-0.15, -0.1) is 11.3 Å². The van der Waals surface area contributed by atoms with Gasteiger partial charge in [-0.1, -0.05) is 0 Å². The molecule has 3 heterocycles. The van der Waals surface area contributed by atoms with Crippen molar-refractivity contribution in [3.63, 3.8) is 0 Å². The third-order valence-corrected chi connectivity index (χ3v) is 4.45. The Kier molecular flexibility index (Phi) is 3.98. The van der Waals surface area contributed by atoms with E-state index in [1.165, 1.54) is 0 Å². The largest absolute Gasteiger partial charge is 0.347 e. The normalized spacial score (nSPS) is 18.2. The predicted molar refractivity (Wildman–Crippen MR) is 82.1 cm³/mol. The Bertz CT molecular complexity index is 604. The van der Waals surface area contributed by atoms with Crippen molar-refractivity contribution in [2.45, 2.75) is 12.5 Å². The number of hydrogen-bond acceptors (Lipinski definition) is 5. The zero-order valence-corrected chi connectivity index (χ0v) is 13.0. The van der Waals surface area contributed by atoms with Crippen molar-refractivity contribution in [2.24, 2.45) is 0 Å². The quantitative estimate of drug-likeness (QED) is 0.920. The molecule has 1 atom stereocenters. The first kappa shape index (κ1) is 13.5. The summed E-state index contributed by atoms with van der Waals surface area (Å²) in [6.07, 6.45) is 5.98. The van der Waals surface area contributed by atoms with Gasteiger partial charge in [0, 0.05) is 47.6 Å². The highest BCUT2D eigenvalue weighted by molar-refractivity contribution is 9.10. The lowest BCUT2D eigenvalue weighted by atomic mass is 10.2. The van der Waals surface area contributed by atoms with Crippen LogP contribution in [0.3, 0.4) is 0 Å². The maximum Gasteiger partial charge on any atom is 0.253 e. The molecule has 1 aliphatic heterocycles. The van der Waals surface area contributed by atoms with Crippen molar-refractivity contribution in [3.8, 4) is 0 Å². The highest BCUT2D eigenvalue weighted by Gasteiger charge is 2.25.